The van der Waals surface area contributed by atoms with Crippen molar-refractivity contribution in [3.63, 3.8) is 0 Å². The highest BCUT2D eigenvalue weighted by Crippen LogP contribution is 2.40. The monoisotopic (exact) mass is 404 g/mol. The van der Waals surface area contributed by atoms with Crippen molar-refractivity contribution >= 4 is 40.9 Å². The summed E-state index contributed by atoms with van der Waals surface area (Å²) in [6, 6.07) is 8.39. The van der Waals surface area contributed by atoms with Gasteiger partial charge in [-0.2, -0.15) is 5.26 Å². The summed E-state index contributed by atoms with van der Waals surface area (Å²) in [5.41, 5.74) is 1.60. The van der Waals surface area contributed by atoms with Gasteiger partial charge in [-0.15, -0.1) is 0 Å². The van der Waals surface area contributed by atoms with Crippen LogP contribution in [-0.2, 0) is 4.79 Å². The molecule has 1 N–H and O–H groups in total. The molecule has 0 aromatic heterocycles. The lowest BCUT2D eigenvalue weighted by Gasteiger charge is -2.12. The van der Waals surface area contributed by atoms with Crippen molar-refractivity contribution in [2.45, 2.75) is 6.92 Å². The number of aryl methyl sites for hydroxylation is 1. The first-order valence-corrected chi connectivity index (χ1v) is 8.55. The number of methoxy groups -OCH3 is 1. The number of anilines is 1. The molecule has 2 aromatic carbocycles. The highest BCUT2D eigenvalue weighted by molar-refractivity contribution is 6.32. The molecule has 1 heterocycles. The summed E-state index contributed by atoms with van der Waals surface area (Å²) in [4.78, 5) is 12.6. The molecule has 0 fully saturated rings. The Bertz CT molecular complexity index is 996. The van der Waals surface area contributed by atoms with Crippen LogP contribution in [-0.4, -0.2) is 19.8 Å². The Hall–Kier alpha value is -2.88. The maximum atomic E-state index is 12.6. The SMILES string of the molecule is COc1cc(Cl)c(C)cc1NC(=O)/C(C#N)=C/c1cc(Cl)c2c(c1)OCO2. The zero-order valence-corrected chi connectivity index (χ0v) is 15.9. The summed E-state index contributed by atoms with van der Waals surface area (Å²) >= 11 is 12.2. The van der Waals surface area contributed by atoms with E-state index in [0.29, 0.717) is 38.5 Å². The summed E-state index contributed by atoms with van der Waals surface area (Å²) in [6.45, 7) is 1.87. The Labute approximate surface area is 165 Å². The molecule has 2 aromatic rings. The van der Waals surface area contributed by atoms with Crippen LogP contribution in [0.15, 0.2) is 29.8 Å². The second kappa shape index (κ2) is 7.78. The first-order valence-electron chi connectivity index (χ1n) is 7.79. The maximum absolute atomic E-state index is 12.6. The minimum atomic E-state index is -0.591. The number of hydrogen-bond acceptors (Lipinski definition) is 5. The van der Waals surface area contributed by atoms with Crippen molar-refractivity contribution in [2.24, 2.45) is 0 Å². The standard InChI is InChI=1S/C19H14Cl2N2O4/c1-10-3-15(16(25-2)7-13(10)20)23-19(24)12(8-22)4-11-5-14(21)18-17(6-11)26-9-27-18/h3-7H,9H2,1-2H3,(H,23,24)/b12-4+. The van der Waals surface area contributed by atoms with E-state index in [1.165, 1.54) is 13.2 Å². The van der Waals surface area contributed by atoms with Gasteiger partial charge in [-0.25, -0.2) is 0 Å². The number of fused-ring (bicyclic) bond motifs is 1. The van der Waals surface area contributed by atoms with Crippen LogP contribution in [0.1, 0.15) is 11.1 Å². The largest absolute Gasteiger partial charge is 0.495 e. The molecule has 0 atom stereocenters. The number of amides is 1. The first kappa shape index (κ1) is 18.9. The molecule has 0 unspecified atom stereocenters. The van der Waals surface area contributed by atoms with Gasteiger partial charge < -0.3 is 19.5 Å². The van der Waals surface area contributed by atoms with Crippen molar-refractivity contribution in [1.82, 2.24) is 0 Å². The van der Waals surface area contributed by atoms with E-state index in [9.17, 15) is 10.1 Å². The summed E-state index contributed by atoms with van der Waals surface area (Å²) in [5.74, 6) is 0.702. The van der Waals surface area contributed by atoms with Gasteiger partial charge in [-0.3, -0.25) is 4.79 Å². The van der Waals surface area contributed by atoms with E-state index < -0.39 is 5.91 Å². The molecular formula is C19H14Cl2N2O4. The fraction of sp³-hybridized carbons (Fsp3) is 0.158. The van der Waals surface area contributed by atoms with Gasteiger partial charge in [0.25, 0.3) is 5.91 Å². The zero-order chi connectivity index (χ0) is 19.6. The molecule has 0 bridgehead atoms. The number of halogens is 2. The number of benzene rings is 2. The number of rotatable bonds is 4. The molecule has 0 radical (unpaired) electrons. The molecule has 138 valence electrons. The lowest BCUT2D eigenvalue weighted by atomic mass is 10.1. The molecule has 27 heavy (non-hydrogen) atoms. The number of ether oxygens (including phenoxy) is 3. The van der Waals surface area contributed by atoms with E-state index in [1.54, 1.807) is 31.2 Å². The summed E-state index contributed by atoms with van der Waals surface area (Å²) in [7, 11) is 1.46. The summed E-state index contributed by atoms with van der Waals surface area (Å²) < 4.78 is 15.8. The molecule has 1 amide bonds. The third-order valence-electron chi connectivity index (χ3n) is 3.85. The van der Waals surface area contributed by atoms with Crippen molar-refractivity contribution in [3.8, 4) is 23.3 Å². The van der Waals surface area contributed by atoms with Gasteiger partial charge in [0.1, 0.15) is 17.4 Å². The van der Waals surface area contributed by atoms with Crippen molar-refractivity contribution < 1.29 is 19.0 Å². The summed E-state index contributed by atoms with van der Waals surface area (Å²) in [6.07, 6.45) is 1.42. The van der Waals surface area contributed by atoms with E-state index in [1.807, 2.05) is 6.07 Å². The predicted molar refractivity (Wildman–Crippen MR) is 103 cm³/mol. The average Bonchev–Trinajstić information content (AvgIpc) is 3.11. The van der Waals surface area contributed by atoms with Crippen LogP contribution < -0.4 is 19.5 Å². The van der Waals surface area contributed by atoms with Crippen molar-refractivity contribution in [3.05, 3.63) is 51.0 Å². The Morgan fingerprint density at radius 3 is 2.74 bits per heavy atom. The number of carbonyl (C=O) groups is 1. The Morgan fingerprint density at radius 1 is 1.26 bits per heavy atom. The molecule has 1 aliphatic heterocycles. The van der Waals surface area contributed by atoms with E-state index in [-0.39, 0.29) is 12.4 Å². The first-order chi connectivity index (χ1) is 12.9. The van der Waals surface area contributed by atoms with E-state index in [4.69, 9.17) is 37.4 Å². The molecule has 6 nitrogen and oxygen atoms in total. The maximum Gasteiger partial charge on any atom is 0.266 e. The van der Waals surface area contributed by atoms with Crippen LogP contribution in [0.5, 0.6) is 17.2 Å². The minimum absolute atomic E-state index is 0.0729. The van der Waals surface area contributed by atoms with E-state index in [2.05, 4.69) is 5.32 Å². The molecule has 1 aliphatic rings. The van der Waals surface area contributed by atoms with Gasteiger partial charge in [0, 0.05) is 11.1 Å². The van der Waals surface area contributed by atoms with Gasteiger partial charge in [0.05, 0.1) is 17.8 Å². The molecule has 8 heteroatoms. The van der Waals surface area contributed by atoms with Gasteiger partial charge in [0.2, 0.25) is 6.79 Å². The lowest BCUT2D eigenvalue weighted by Crippen LogP contribution is -2.14. The van der Waals surface area contributed by atoms with Crippen molar-refractivity contribution in [2.75, 3.05) is 19.2 Å². The average molecular weight is 405 g/mol. The highest BCUT2D eigenvalue weighted by Gasteiger charge is 2.19. The van der Waals surface area contributed by atoms with Crippen LogP contribution in [0.25, 0.3) is 6.08 Å². The Kier molecular flexibility index (Phi) is 5.45. The second-order valence-corrected chi connectivity index (χ2v) is 6.48. The van der Waals surface area contributed by atoms with E-state index in [0.717, 1.165) is 5.56 Å². The molecule has 3 rings (SSSR count). The number of carbonyl (C=O) groups excluding carboxylic acids is 1. The fourth-order valence-electron chi connectivity index (χ4n) is 2.51. The van der Waals surface area contributed by atoms with Gasteiger partial charge in [-0.05, 0) is 42.3 Å². The van der Waals surface area contributed by atoms with Gasteiger partial charge >= 0.3 is 0 Å². The normalized spacial score (nSPS) is 12.5. The summed E-state index contributed by atoms with van der Waals surface area (Å²) in [5, 5.41) is 12.9. The number of nitrogens with zero attached hydrogens (tertiary/aromatic N) is 1. The van der Waals surface area contributed by atoms with Crippen LogP contribution in [0.3, 0.4) is 0 Å². The third-order valence-corrected chi connectivity index (χ3v) is 4.54. The van der Waals surface area contributed by atoms with Crippen LogP contribution in [0.4, 0.5) is 5.69 Å². The number of nitriles is 1. The molecular weight excluding hydrogens is 391 g/mol. The van der Waals surface area contributed by atoms with Crippen molar-refractivity contribution in [1.29, 1.82) is 5.26 Å². The molecule has 0 saturated heterocycles. The Balaban J connectivity index is 1.90. The number of hydrogen-bond donors (Lipinski definition) is 1. The second-order valence-electron chi connectivity index (χ2n) is 5.66. The van der Waals surface area contributed by atoms with Gasteiger partial charge in [0.15, 0.2) is 11.5 Å². The third kappa shape index (κ3) is 3.95. The highest BCUT2D eigenvalue weighted by atomic mass is 35.5. The minimum Gasteiger partial charge on any atom is -0.495 e. The zero-order valence-electron chi connectivity index (χ0n) is 14.4. The van der Waals surface area contributed by atoms with Crippen LogP contribution in [0, 0.1) is 18.3 Å². The molecule has 0 aliphatic carbocycles. The quantitative estimate of drug-likeness (QED) is 0.595. The predicted octanol–water partition coefficient (Wildman–Crippen LogP) is 4.58. The lowest BCUT2D eigenvalue weighted by molar-refractivity contribution is -0.112. The van der Waals surface area contributed by atoms with E-state index >= 15 is 0 Å². The molecule has 0 spiro atoms. The topological polar surface area (TPSA) is 80.6 Å². The fourth-order valence-corrected chi connectivity index (χ4v) is 2.93. The Morgan fingerprint density at radius 2 is 2.04 bits per heavy atom. The van der Waals surface area contributed by atoms with Crippen LogP contribution in [0.2, 0.25) is 10.0 Å². The molecule has 0 saturated carbocycles. The number of nitrogens with one attached hydrogen (secondary N) is 1. The van der Waals surface area contributed by atoms with Crippen LogP contribution >= 0.6 is 23.2 Å². The smallest absolute Gasteiger partial charge is 0.266 e. The van der Waals surface area contributed by atoms with Gasteiger partial charge in [-0.1, -0.05) is 23.2 Å².